The minimum atomic E-state index is -0.328. The summed E-state index contributed by atoms with van der Waals surface area (Å²) >= 11 is 0. The van der Waals surface area contributed by atoms with Gasteiger partial charge in [0.2, 0.25) is 6.79 Å². The number of hydrogen-bond donors (Lipinski definition) is 0. The van der Waals surface area contributed by atoms with Gasteiger partial charge in [0.1, 0.15) is 0 Å². The van der Waals surface area contributed by atoms with Crippen molar-refractivity contribution >= 4 is 0 Å². The molecular weight excluding hydrogens is 172 g/mol. The molecule has 0 saturated carbocycles. The molecule has 0 aromatic heterocycles. The molecule has 0 aromatic rings. The van der Waals surface area contributed by atoms with Crippen molar-refractivity contribution in [3.05, 3.63) is 0 Å². The van der Waals surface area contributed by atoms with E-state index in [1.165, 1.54) is 0 Å². The highest BCUT2D eigenvalue weighted by Gasteiger charge is 2.13. The van der Waals surface area contributed by atoms with Crippen molar-refractivity contribution < 1.29 is 19.6 Å². The van der Waals surface area contributed by atoms with Gasteiger partial charge in [0.25, 0.3) is 0 Å². The van der Waals surface area contributed by atoms with Crippen molar-refractivity contribution in [1.82, 2.24) is 0 Å². The average Bonchev–Trinajstić information content (AvgIpc) is 1.81. The molecule has 80 valence electrons. The molecule has 4 heteroatoms. The predicted octanol–water partition coefficient (Wildman–Crippen LogP) is 2.44. The van der Waals surface area contributed by atoms with Crippen LogP contribution in [0.1, 0.15) is 41.5 Å². The van der Waals surface area contributed by atoms with Crippen LogP contribution in [0, 0.1) is 0 Å². The quantitative estimate of drug-likeness (QED) is 0.297. The van der Waals surface area contributed by atoms with Crippen molar-refractivity contribution in [2.45, 2.75) is 52.7 Å². The lowest BCUT2D eigenvalue weighted by atomic mass is 10.2. The molecule has 0 amide bonds. The summed E-state index contributed by atoms with van der Waals surface area (Å²) in [4.78, 5) is 19.4. The second-order valence-corrected chi connectivity index (χ2v) is 4.74. The lowest BCUT2D eigenvalue weighted by molar-refractivity contribution is -0.458. The predicted molar refractivity (Wildman–Crippen MR) is 48.7 cm³/mol. The Kier molecular flexibility index (Phi) is 4.85. The van der Waals surface area contributed by atoms with Crippen LogP contribution < -0.4 is 0 Å². The fourth-order valence-electron chi connectivity index (χ4n) is 0.421. The van der Waals surface area contributed by atoms with E-state index in [0.717, 1.165) is 0 Å². The molecule has 0 aliphatic rings. The van der Waals surface area contributed by atoms with Crippen LogP contribution in [0.4, 0.5) is 0 Å². The van der Waals surface area contributed by atoms with Gasteiger partial charge in [0.05, 0.1) is 11.2 Å². The second kappa shape index (κ2) is 4.91. The first-order valence-corrected chi connectivity index (χ1v) is 4.32. The van der Waals surface area contributed by atoms with Gasteiger partial charge >= 0.3 is 0 Å². The first-order valence-electron chi connectivity index (χ1n) is 4.32. The molecule has 0 atom stereocenters. The van der Waals surface area contributed by atoms with Crippen LogP contribution in [0.2, 0.25) is 0 Å². The highest BCUT2D eigenvalue weighted by molar-refractivity contribution is 4.54. The zero-order valence-corrected chi connectivity index (χ0v) is 9.34. The van der Waals surface area contributed by atoms with Crippen molar-refractivity contribution in [2.24, 2.45) is 0 Å². The van der Waals surface area contributed by atoms with Crippen LogP contribution in [0.25, 0.3) is 0 Å². The second-order valence-electron chi connectivity index (χ2n) is 4.74. The Hall–Kier alpha value is -0.160. The van der Waals surface area contributed by atoms with Gasteiger partial charge in [-0.25, -0.2) is 19.6 Å². The maximum atomic E-state index is 4.94. The Bertz CT molecular complexity index is 116. The van der Waals surface area contributed by atoms with Crippen LogP contribution in [-0.4, -0.2) is 18.0 Å². The van der Waals surface area contributed by atoms with Gasteiger partial charge in [-0.15, -0.1) is 0 Å². The molecule has 0 radical (unpaired) electrons. The fraction of sp³-hybridized carbons (Fsp3) is 1.00. The maximum absolute atomic E-state index is 4.94. The number of rotatable bonds is 4. The number of hydrogen-bond acceptors (Lipinski definition) is 4. The zero-order chi connectivity index (χ0) is 10.5. The molecule has 0 bridgehead atoms. The average molecular weight is 192 g/mol. The lowest BCUT2D eigenvalue weighted by Crippen LogP contribution is -2.23. The van der Waals surface area contributed by atoms with E-state index in [1.807, 2.05) is 41.5 Å². The molecule has 0 fully saturated rings. The summed E-state index contributed by atoms with van der Waals surface area (Å²) in [6, 6.07) is 0. The van der Waals surface area contributed by atoms with Crippen LogP contribution in [0.15, 0.2) is 0 Å². The SMILES string of the molecule is CC(C)(C)OOCOOC(C)(C)C. The molecule has 0 saturated heterocycles. The molecule has 0 heterocycles. The minimum absolute atomic E-state index is 0.0332. The van der Waals surface area contributed by atoms with Crippen LogP contribution in [0.3, 0.4) is 0 Å². The molecule has 0 unspecified atom stereocenters. The monoisotopic (exact) mass is 192 g/mol. The van der Waals surface area contributed by atoms with Crippen molar-refractivity contribution in [1.29, 1.82) is 0 Å². The lowest BCUT2D eigenvalue weighted by Gasteiger charge is -2.19. The van der Waals surface area contributed by atoms with Crippen molar-refractivity contribution in [3.8, 4) is 0 Å². The van der Waals surface area contributed by atoms with E-state index in [0.29, 0.717) is 0 Å². The Morgan fingerprint density at radius 2 is 1.00 bits per heavy atom. The smallest absolute Gasteiger partial charge is 0.214 e. The first kappa shape index (κ1) is 12.8. The topological polar surface area (TPSA) is 36.9 Å². The van der Waals surface area contributed by atoms with E-state index in [9.17, 15) is 0 Å². The first-order chi connectivity index (χ1) is 5.71. The van der Waals surface area contributed by atoms with E-state index < -0.39 is 0 Å². The molecular formula is C9H20O4. The summed E-state index contributed by atoms with van der Waals surface area (Å²) in [5, 5.41) is 0. The zero-order valence-electron chi connectivity index (χ0n) is 9.34. The maximum Gasteiger partial charge on any atom is 0.214 e. The molecule has 13 heavy (non-hydrogen) atoms. The Morgan fingerprint density at radius 1 is 0.692 bits per heavy atom. The molecule has 0 spiro atoms. The van der Waals surface area contributed by atoms with Crippen LogP contribution in [-0.2, 0) is 19.6 Å². The summed E-state index contributed by atoms with van der Waals surface area (Å²) in [6.07, 6.45) is 0. The summed E-state index contributed by atoms with van der Waals surface area (Å²) < 4.78 is 0. The van der Waals surface area contributed by atoms with Gasteiger partial charge in [-0.3, -0.25) is 0 Å². The van der Waals surface area contributed by atoms with Gasteiger partial charge in [-0.05, 0) is 41.5 Å². The standard InChI is InChI=1S/C9H20O4/c1-8(2,3)12-10-7-11-13-9(4,5)6/h7H2,1-6H3. The normalized spacial score (nSPS) is 13.4. The highest BCUT2D eigenvalue weighted by atomic mass is 17.3. The van der Waals surface area contributed by atoms with E-state index >= 15 is 0 Å². The molecule has 4 nitrogen and oxygen atoms in total. The fourth-order valence-corrected chi connectivity index (χ4v) is 0.421. The Morgan fingerprint density at radius 3 is 1.23 bits per heavy atom. The van der Waals surface area contributed by atoms with Crippen LogP contribution in [0.5, 0.6) is 0 Å². The van der Waals surface area contributed by atoms with Crippen LogP contribution >= 0.6 is 0 Å². The third-order valence-electron chi connectivity index (χ3n) is 0.714. The molecule has 0 aromatic carbocycles. The highest BCUT2D eigenvalue weighted by Crippen LogP contribution is 2.09. The van der Waals surface area contributed by atoms with Crippen molar-refractivity contribution in [2.75, 3.05) is 6.79 Å². The summed E-state index contributed by atoms with van der Waals surface area (Å²) in [5.74, 6) is 0. The third-order valence-corrected chi connectivity index (χ3v) is 0.714. The van der Waals surface area contributed by atoms with Gasteiger partial charge < -0.3 is 0 Å². The summed E-state index contributed by atoms with van der Waals surface area (Å²) in [6.45, 7) is 11.3. The largest absolute Gasteiger partial charge is 0.228 e. The van der Waals surface area contributed by atoms with Gasteiger partial charge in [0, 0.05) is 0 Å². The van der Waals surface area contributed by atoms with E-state index in [-0.39, 0.29) is 18.0 Å². The Labute approximate surface area is 80.0 Å². The van der Waals surface area contributed by atoms with Gasteiger partial charge in [-0.1, -0.05) is 0 Å². The van der Waals surface area contributed by atoms with Gasteiger partial charge in [-0.2, -0.15) is 0 Å². The molecule has 0 N–H and O–H groups in total. The van der Waals surface area contributed by atoms with E-state index in [1.54, 1.807) is 0 Å². The molecule has 0 rings (SSSR count). The van der Waals surface area contributed by atoms with E-state index in [4.69, 9.17) is 19.6 Å². The van der Waals surface area contributed by atoms with E-state index in [2.05, 4.69) is 0 Å². The summed E-state index contributed by atoms with van der Waals surface area (Å²) in [7, 11) is 0. The Balaban J connectivity index is 3.28. The molecule has 0 aliphatic carbocycles. The van der Waals surface area contributed by atoms with Crippen molar-refractivity contribution in [3.63, 3.8) is 0 Å². The summed E-state index contributed by atoms with van der Waals surface area (Å²) in [5.41, 5.74) is -0.657. The molecule has 0 aliphatic heterocycles. The third kappa shape index (κ3) is 11.8. The minimum Gasteiger partial charge on any atom is -0.228 e. The van der Waals surface area contributed by atoms with Gasteiger partial charge in [0.15, 0.2) is 0 Å².